The molecule has 0 fully saturated rings. The van der Waals surface area contributed by atoms with Gasteiger partial charge in [-0.25, -0.2) is 9.78 Å². The lowest BCUT2D eigenvalue weighted by molar-refractivity contribution is -0.154. The number of fused-ring (bicyclic) bond motifs is 1. The van der Waals surface area contributed by atoms with E-state index in [1.54, 1.807) is 6.92 Å². The number of ether oxygens (including phenoxy) is 1. The molecule has 0 aromatic carbocycles. The molecule has 106 valence electrons. The normalized spacial score (nSPS) is 10.4. The third-order valence-electron chi connectivity index (χ3n) is 2.84. The van der Waals surface area contributed by atoms with E-state index >= 15 is 0 Å². The van der Waals surface area contributed by atoms with Crippen molar-refractivity contribution in [3.63, 3.8) is 0 Å². The molecule has 2 aromatic rings. The molecule has 0 saturated heterocycles. The first-order valence-electron chi connectivity index (χ1n) is 6.58. The van der Waals surface area contributed by atoms with Crippen molar-refractivity contribution >= 4 is 17.4 Å². The maximum atomic E-state index is 11.3. The van der Waals surface area contributed by atoms with Crippen LogP contribution in [0.5, 0.6) is 0 Å². The Kier molecular flexibility index (Phi) is 4.70. The van der Waals surface area contributed by atoms with E-state index in [9.17, 15) is 9.59 Å². The van der Waals surface area contributed by atoms with Crippen molar-refractivity contribution in [3.8, 4) is 0 Å². The highest BCUT2D eigenvalue weighted by Crippen LogP contribution is 2.07. The summed E-state index contributed by atoms with van der Waals surface area (Å²) in [4.78, 5) is 26.7. The van der Waals surface area contributed by atoms with Crippen LogP contribution in [0.25, 0.3) is 5.52 Å². The van der Waals surface area contributed by atoms with Crippen LogP contribution in [0, 0.1) is 0 Å². The van der Waals surface area contributed by atoms with Gasteiger partial charge in [-0.1, -0.05) is 6.07 Å². The number of hydrogen-bond donors (Lipinski definition) is 1. The van der Waals surface area contributed by atoms with Gasteiger partial charge in [0, 0.05) is 19.2 Å². The molecular weight excluding hydrogens is 258 g/mol. The number of pyridine rings is 1. The van der Waals surface area contributed by atoms with Crippen LogP contribution in [0.4, 0.5) is 0 Å². The molecule has 2 aromatic heterocycles. The Bertz CT molecular complexity index is 606. The highest BCUT2D eigenvalue weighted by molar-refractivity contribution is 6.32. The standard InChI is InChI=1S/C14H17N3O3/c1-2-20-14(19)13(18)15-8-5-7-12-16-10-11-6-3-4-9-17(11)12/h3-4,6,9-10H,2,5,7-8H2,1H3,(H,15,18). The molecule has 0 aliphatic rings. The Hall–Kier alpha value is -2.37. The third kappa shape index (κ3) is 3.34. The van der Waals surface area contributed by atoms with Crippen LogP contribution in [-0.4, -0.2) is 34.4 Å². The fourth-order valence-corrected chi connectivity index (χ4v) is 1.90. The summed E-state index contributed by atoms with van der Waals surface area (Å²) in [6, 6.07) is 5.89. The van der Waals surface area contributed by atoms with Crippen LogP contribution >= 0.6 is 0 Å². The SMILES string of the molecule is CCOC(=O)C(=O)NCCCc1ncc2ccccn12. The summed E-state index contributed by atoms with van der Waals surface area (Å²) in [7, 11) is 0. The van der Waals surface area contributed by atoms with Crippen LogP contribution in [-0.2, 0) is 20.7 Å². The molecule has 20 heavy (non-hydrogen) atoms. The fraction of sp³-hybridized carbons (Fsp3) is 0.357. The molecule has 0 aliphatic carbocycles. The predicted octanol–water partition coefficient (Wildman–Crippen LogP) is 0.946. The maximum absolute atomic E-state index is 11.3. The number of nitrogens with one attached hydrogen (secondary N) is 1. The Morgan fingerprint density at radius 3 is 3.05 bits per heavy atom. The predicted molar refractivity (Wildman–Crippen MR) is 73.2 cm³/mol. The highest BCUT2D eigenvalue weighted by atomic mass is 16.5. The van der Waals surface area contributed by atoms with Gasteiger partial charge in [-0.05, 0) is 25.5 Å². The van der Waals surface area contributed by atoms with Crippen molar-refractivity contribution in [1.82, 2.24) is 14.7 Å². The number of carbonyl (C=O) groups excluding carboxylic acids is 2. The third-order valence-corrected chi connectivity index (χ3v) is 2.84. The first-order valence-corrected chi connectivity index (χ1v) is 6.58. The van der Waals surface area contributed by atoms with Crippen molar-refractivity contribution < 1.29 is 14.3 Å². The van der Waals surface area contributed by atoms with Crippen molar-refractivity contribution in [2.24, 2.45) is 0 Å². The average Bonchev–Trinajstić information content (AvgIpc) is 2.87. The molecule has 2 rings (SSSR count). The number of esters is 1. The summed E-state index contributed by atoms with van der Waals surface area (Å²) in [5.74, 6) is -0.593. The number of nitrogens with zero attached hydrogens (tertiary/aromatic N) is 2. The number of imidazole rings is 1. The van der Waals surface area contributed by atoms with Crippen molar-refractivity contribution in [1.29, 1.82) is 0 Å². The lowest BCUT2D eigenvalue weighted by Gasteiger charge is -2.04. The molecule has 0 spiro atoms. The first-order chi connectivity index (χ1) is 9.72. The van der Waals surface area contributed by atoms with Crippen molar-refractivity contribution in [3.05, 3.63) is 36.4 Å². The molecule has 6 nitrogen and oxygen atoms in total. The molecule has 2 heterocycles. The lowest BCUT2D eigenvalue weighted by Crippen LogP contribution is -2.33. The van der Waals surface area contributed by atoms with E-state index in [1.807, 2.05) is 35.0 Å². The number of aryl methyl sites for hydroxylation is 1. The minimum atomic E-state index is -0.834. The number of rotatable bonds is 5. The van der Waals surface area contributed by atoms with E-state index in [0.717, 1.165) is 17.8 Å². The minimum Gasteiger partial charge on any atom is -0.459 e. The molecule has 0 bridgehead atoms. The van der Waals surface area contributed by atoms with E-state index in [1.165, 1.54) is 0 Å². The Morgan fingerprint density at radius 1 is 1.40 bits per heavy atom. The largest absolute Gasteiger partial charge is 0.459 e. The second kappa shape index (κ2) is 6.70. The number of aromatic nitrogens is 2. The molecule has 6 heteroatoms. The van der Waals surface area contributed by atoms with E-state index in [4.69, 9.17) is 0 Å². The van der Waals surface area contributed by atoms with Crippen LogP contribution in [0.15, 0.2) is 30.6 Å². The van der Waals surface area contributed by atoms with Crippen LogP contribution < -0.4 is 5.32 Å². The number of amides is 1. The average molecular weight is 275 g/mol. The molecule has 1 amide bonds. The van der Waals surface area contributed by atoms with Gasteiger partial charge in [0.2, 0.25) is 0 Å². The number of carbonyl (C=O) groups is 2. The van der Waals surface area contributed by atoms with Gasteiger partial charge >= 0.3 is 11.9 Å². The summed E-state index contributed by atoms with van der Waals surface area (Å²) in [5.41, 5.74) is 1.04. The summed E-state index contributed by atoms with van der Waals surface area (Å²) in [5, 5.41) is 2.53. The monoisotopic (exact) mass is 275 g/mol. The Morgan fingerprint density at radius 2 is 2.25 bits per heavy atom. The summed E-state index contributed by atoms with van der Waals surface area (Å²) in [6.07, 6.45) is 5.20. The van der Waals surface area contributed by atoms with Crippen LogP contribution in [0.2, 0.25) is 0 Å². The Balaban J connectivity index is 1.79. The molecule has 1 N–H and O–H groups in total. The zero-order valence-electron chi connectivity index (χ0n) is 11.3. The zero-order chi connectivity index (χ0) is 14.4. The summed E-state index contributed by atoms with van der Waals surface area (Å²) >= 11 is 0. The van der Waals surface area contributed by atoms with Gasteiger partial charge < -0.3 is 14.5 Å². The first kappa shape index (κ1) is 14.0. The van der Waals surface area contributed by atoms with E-state index < -0.39 is 11.9 Å². The van der Waals surface area contributed by atoms with Gasteiger partial charge in [-0.2, -0.15) is 0 Å². The van der Waals surface area contributed by atoms with Gasteiger partial charge in [-0.3, -0.25) is 4.79 Å². The number of hydrogen-bond acceptors (Lipinski definition) is 4. The molecule has 0 aliphatic heterocycles. The second-order valence-electron chi connectivity index (χ2n) is 4.25. The van der Waals surface area contributed by atoms with E-state index in [-0.39, 0.29) is 6.61 Å². The van der Waals surface area contributed by atoms with Gasteiger partial charge in [0.15, 0.2) is 0 Å². The maximum Gasteiger partial charge on any atom is 0.396 e. The zero-order valence-corrected chi connectivity index (χ0v) is 11.3. The minimum absolute atomic E-state index is 0.201. The van der Waals surface area contributed by atoms with Crippen LogP contribution in [0.1, 0.15) is 19.2 Å². The van der Waals surface area contributed by atoms with Gasteiger partial charge in [0.25, 0.3) is 0 Å². The fourth-order valence-electron chi connectivity index (χ4n) is 1.90. The second-order valence-corrected chi connectivity index (χ2v) is 4.25. The molecule has 0 saturated carbocycles. The quantitative estimate of drug-likeness (QED) is 0.501. The van der Waals surface area contributed by atoms with Gasteiger partial charge in [0.1, 0.15) is 5.82 Å². The summed E-state index contributed by atoms with van der Waals surface area (Å²) in [6.45, 7) is 2.28. The topological polar surface area (TPSA) is 72.7 Å². The molecule has 0 radical (unpaired) electrons. The molecule has 0 unspecified atom stereocenters. The van der Waals surface area contributed by atoms with Crippen LogP contribution in [0.3, 0.4) is 0 Å². The highest BCUT2D eigenvalue weighted by Gasteiger charge is 2.13. The van der Waals surface area contributed by atoms with E-state index in [0.29, 0.717) is 13.0 Å². The lowest BCUT2D eigenvalue weighted by atomic mass is 10.3. The van der Waals surface area contributed by atoms with Gasteiger partial charge in [0.05, 0.1) is 18.3 Å². The summed E-state index contributed by atoms with van der Waals surface area (Å²) < 4.78 is 6.60. The molecular formula is C14H17N3O3. The smallest absolute Gasteiger partial charge is 0.396 e. The van der Waals surface area contributed by atoms with Crippen molar-refractivity contribution in [2.45, 2.75) is 19.8 Å². The van der Waals surface area contributed by atoms with E-state index in [2.05, 4.69) is 15.0 Å². The Labute approximate surface area is 116 Å². The molecule has 0 atom stereocenters. The van der Waals surface area contributed by atoms with Crippen molar-refractivity contribution in [2.75, 3.05) is 13.2 Å². The van der Waals surface area contributed by atoms with Gasteiger partial charge in [-0.15, -0.1) is 0 Å².